The lowest BCUT2D eigenvalue weighted by molar-refractivity contribution is -0.122. The first-order valence-corrected chi connectivity index (χ1v) is 10.4. The zero-order valence-electron chi connectivity index (χ0n) is 17.6. The third kappa shape index (κ3) is 4.44. The number of H-pyrrole nitrogens is 1. The molecule has 1 aliphatic rings. The molecule has 2 N–H and O–H groups in total. The van der Waals surface area contributed by atoms with E-state index in [1.165, 1.54) is 16.5 Å². The molecule has 2 heterocycles. The van der Waals surface area contributed by atoms with Crippen molar-refractivity contribution < 1.29 is 14.3 Å². The molecule has 0 atom stereocenters. The Labute approximate surface area is 177 Å². The lowest BCUT2D eigenvalue weighted by atomic mass is 9.89. The van der Waals surface area contributed by atoms with E-state index in [2.05, 4.69) is 45.7 Å². The Balaban J connectivity index is 1.26. The van der Waals surface area contributed by atoms with Gasteiger partial charge in [-0.15, -0.1) is 0 Å². The fourth-order valence-corrected chi connectivity index (χ4v) is 4.28. The Morgan fingerprint density at radius 3 is 2.63 bits per heavy atom. The van der Waals surface area contributed by atoms with E-state index in [0.29, 0.717) is 30.5 Å². The molecule has 1 aromatic heterocycles. The minimum Gasteiger partial charge on any atom is -0.493 e. The van der Waals surface area contributed by atoms with E-state index in [-0.39, 0.29) is 5.91 Å². The van der Waals surface area contributed by atoms with Gasteiger partial charge in [-0.1, -0.05) is 24.3 Å². The normalized spacial score (nSPS) is 15.3. The molecule has 1 fully saturated rings. The highest BCUT2D eigenvalue weighted by Gasteiger charge is 2.23. The molecular formula is C24H29N3O3. The van der Waals surface area contributed by atoms with E-state index in [1.807, 2.05) is 18.2 Å². The molecule has 3 aromatic rings. The summed E-state index contributed by atoms with van der Waals surface area (Å²) in [4.78, 5) is 18.1. The molecule has 0 bridgehead atoms. The molecule has 1 amide bonds. The predicted molar refractivity (Wildman–Crippen MR) is 118 cm³/mol. The number of amides is 1. The van der Waals surface area contributed by atoms with Crippen molar-refractivity contribution >= 4 is 16.8 Å². The van der Waals surface area contributed by atoms with Crippen molar-refractivity contribution in [2.24, 2.45) is 0 Å². The standard InChI is InChI=1S/C24H29N3O3/c1-29-22-8-7-17(13-23(22)30-2)14-26-24(28)16-27-11-9-18(10-12-27)20-15-25-21-6-4-3-5-19(20)21/h3-8,13,15,18,25H,9-12,14,16H2,1-2H3,(H,26,28). The molecule has 30 heavy (non-hydrogen) atoms. The van der Waals surface area contributed by atoms with Crippen LogP contribution in [0.5, 0.6) is 11.5 Å². The Hall–Kier alpha value is -2.99. The number of rotatable bonds is 7. The minimum absolute atomic E-state index is 0.0512. The number of fused-ring (bicyclic) bond motifs is 1. The number of aromatic nitrogens is 1. The van der Waals surface area contributed by atoms with Crippen molar-refractivity contribution in [1.29, 1.82) is 0 Å². The monoisotopic (exact) mass is 407 g/mol. The van der Waals surface area contributed by atoms with Crippen LogP contribution >= 0.6 is 0 Å². The maximum atomic E-state index is 12.4. The molecule has 1 aliphatic heterocycles. The van der Waals surface area contributed by atoms with Crippen LogP contribution in [0.25, 0.3) is 10.9 Å². The summed E-state index contributed by atoms with van der Waals surface area (Å²) < 4.78 is 10.6. The number of para-hydroxylation sites is 1. The highest BCUT2D eigenvalue weighted by molar-refractivity contribution is 5.83. The molecule has 0 spiro atoms. The van der Waals surface area contributed by atoms with Gasteiger partial charge in [0.2, 0.25) is 5.91 Å². The van der Waals surface area contributed by atoms with Gasteiger partial charge in [-0.2, -0.15) is 0 Å². The van der Waals surface area contributed by atoms with Crippen molar-refractivity contribution in [3.05, 3.63) is 59.8 Å². The third-order valence-corrected chi connectivity index (χ3v) is 5.95. The van der Waals surface area contributed by atoms with E-state index < -0.39 is 0 Å². The van der Waals surface area contributed by atoms with E-state index in [0.717, 1.165) is 31.5 Å². The van der Waals surface area contributed by atoms with Gasteiger partial charge >= 0.3 is 0 Å². The lowest BCUT2D eigenvalue weighted by Gasteiger charge is -2.31. The number of methoxy groups -OCH3 is 2. The van der Waals surface area contributed by atoms with Crippen molar-refractivity contribution in [2.45, 2.75) is 25.3 Å². The Morgan fingerprint density at radius 1 is 1.10 bits per heavy atom. The van der Waals surface area contributed by atoms with Crippen LogP contribution in [0.15, 0.2) is 48.7 Å². The highest BCUT2D eigenvalue weighted by Crippen LogP contribution is 2.33. The number of aromatic amines is 1. The zero-order valence-corrected chi connectivity index (χ0v) is 17.6. The van der Waals surface area contributed by atoms with Crippen LogP contribution in [0.4, 0.5) is 0 Å². The second-order valence-electron chi connectivity index (χ2n) is 7.81. The molecule has 4 rings (SSSR count). The Morgan fingerprint density at radius 2 is 1.87 bits per heavy atom. The predicted octanol–water partition coefficient (Wildman–Crippen LogP) is 3.68. The summed E-state index contributed by atoms with van der Waals surface area (Å²) in [6, 6.07) is 14.2. The van der Waals surface area contributed by atoms with Gasteiger partial charge in [0.15, 0.2) is 11.5 Å². The summed E-state index contributed by atoms with van der Waals surface area (Å²) in [5.41, 5.74) is 3.59. The second-order valence-corrected chi connectivity index (χ2v) is 7.81. The van der Waals surface area contributed by atoms with E-state index in [1.54, 1.807) is 14.2 Å². The van der Waals surface area contributed by atoms with Crippen LogP contribution in [0.1, 0.15) is 29.9 Å². The second kappa shape index (κ2) is 9.22. The van der Waals surface area contributed by atoms with Gasteiger partial charge in [0.1, 0.15) is 0 Å². The van der Waals surface area contributed by atoms with E-state index in [4.69, 9.17) is 9.47 Å². The molecule has 0 unspecified atom stereocenters. The van der Waals surface area contributed by atoms with E-state index >= 15 is 0 Å². The largest absolute Gasteiger partial charge is 0.493 e. The first-order valence-electron chi connectivity index (χ1n) is 10.4. The van der Waals surface area contributed by atoms with Gasteiger partial charge in [-0.3, -0.25) is 9.69 Å². The number of benzene rings is 2. The van der Waals surface area contributed by atoms with Crippen molar-refractivity contribution in [2.75, 3.05) is 33.9 Å². The molecule has 2 aromatic carbocycles. The molecule has 6 nitrogen and oxygen atoms in total. The van der Waals surface area contributed by atoms with Crippen molar-refractivity contribution in [3.63, 3.8) is 0 Å². The number of nitrogens with zero attached hydrogens (tertiary/aromatic N) is 1. The fraction of sp³-hybridized carbons (Fsp3) is 0.375. The number of hydrogen-bond donors (Lipinski definition) is 2. The number of nitrogens with one attached hydrogen (secondary N) is 2. The smallest absolute Gasteiger partial charge is 0.234 e. The molecule has 1 saturated heterocycles. The number of likely N-dealkylation sites (tertiary alicyclic amines) is 1. The van der Waals surface area contributed by atoms with Gasteiger partial charge in [0.05, 0.1) is 20.8 Å². The Bertz CT molecular complexity index is 1010. The van der Waals surface area contributed by atoms with E-state index in [9.17, 15) is 4.79 Å². The number of carbonyl (C=O) groups is 1. The minimum atomic E-state index is 0.0512. The summed E-state index contributed by atoms with van der Waals surface area (Å²) in [6.45, 7) is 2.79. The van der Waals surface area contributed by atoms with Gasteiger partial charge in [-0.05, 0) is 61.2 Å². The first-order chi connectivity index (χ1) is 14.7. The topological polar surface area (TPSA) is 66.6 Å². The molecule has 0 saturated carbocycles. The number of ether oxygens (including phenoxy) is 2. The number of carbonyl (C=O) groups excluding carboxylic acids is 1. The van der Waals surface area contributed by atoms with Gasteiger partial charge in [0.25, 0.3) is 0 Å². The van der Waals surface area contributed by atoms with Crippen LogP contribution in [-0.4, -0.2) is 49.6 Å². The van der Waals surface area contributed by atoms with Gasteiger partial charge in [-0.25, -0.2) is 0 Å². The summed E-state index contributed by atoms with van der Waals surface area (Å²) in [7, 11) is 3.22. The van der Waals surface area contributed by atoms with Crippen LogP contribution < -0.4 is 14.8 Å². The summed E-state index contributed by atoms with van der Waals surface area (Å²) in [5.74, 6) is 1.96. The maximum Gasteiger partial charge on any atom is 0.234 e. The molecule has 6 heteroatoms. The molecule has 158 valence electrons. The quantitative estimate of drug-likeness (QED) is 0.627. The van der Waals surface area contributed by atoms with Crippen molar-refractivity contribution in [1.82, 2.24) is 15.2 Å². The lowest BCUT2D eigenvalue weighted by Crippen LogP contribution is -2.41. The SMILES string of the molecule is COc1ccc(CNC(=O)CN2CCC(c3c[nH]c4ccccc34)CC2)cc1OC. The van der Waals surface area contributed by atoms with Crippen molar-refractivity contribution in [3.8, 4) is 11.5 Å². The average molecular weight is 408 g/mol. The van der Waals surface area contributed by atoms with Gasteiger partial charge in [0, 0.05) is 23.6 Å². The summed E-state index contributed by atoms with van der Waals surface area (Å²) in [5, 5.41) is 4.34. The average Bonchev–Trinajstić information content (AvgIpc) is 3.22. The highest BCUT2D eigenvalue weighted by atomic mass is 16.5. The maximum absolute atomic E-state index is 12.4. The van der Waals surface area contributed by atoms with Crippen LogP contribution in [-0.2, 0) is 11.3 Å². The van der Waals surface area contributed by atoms with Crippen LogP contribution in [0.2, 0.25) is 0 Å². The number of hydrogen-bond acceptors (Lipinski definition) is 4. The number of piperidine rings is 1. The molecule has 0 aliphatic carbocycles. The Kier molecular flexibility index (Phi) is 6.23. The zero-order chi connectivity index (χ0) is 20.9. The fourth-order valence-electron chi connectivity index (χ4n) is 4.28. The summed E-state index contributed by atoms with van der Waals surface area (Å²) in [6.07, 6.45) is 4.30. The summed E-state index contributed by atoms with van der Waals surface area (Å²) >= 11 is 0. The first kappa shape index (κ1) is 20.3. The third-order valence-electron chi connectivity index (χ3n) is 5.95. The van der Waals surface area contributed by atoms with Crippen LogP contribution in [0, 0.1) is 0 Å². The van der Waals surface area contributed by atoms with Crippen LogP contribution in [0.3, 0.4) is 0 Å². The van der Waals surface area contributed by atoms with Gasteiger partial charge < -0.3 is 19.8 Å². The molecular weight excluding hydrogens is 378 g/mol. The molecule has 0 radical (unpaired) electrons.